The van der Waals surface area contributed by atoms with Gasteiger partial charge >= 0.3 is 5.97 Å². The number of hydrogen-bond donors (Lipinski definition) is 1. The highest BCUT2D eigenvalue weighted by atomic mass is 16.6. The van der Waals surface area contributed by atoms with Crippen molar-refractivity contribution in [3.8, 4) is 0 Å². The fourth-order valence-electron chi connectivity index (χ4n) is 3.06. The molecule has 1 amide bonds. The summed E-state index contributed by atoms with van der Waals surface area (Å²) in [5.74, 6) is -1.11. The monoisotopic (exact) mass is 399 g/mol. The third-order valence-corrected chi connectivity index (χ3v) is 4.74. The zero-order valence-electron chi connectivity index (χ0n) is 17.2. The van der Waals surface area contributed by atoms with Gasteiger partial charge in [-0.05, 0) is 33.8 Å². The van der Waals surface area contributed by atoms with E-state index in [1.54, 1.807) is 24.7 Å². The Morgan fingerprint density at radius 1 is 1.28 bits per heavy atom. The number of anilines is 1. The van der Waals surface area contributed by atoms with Gasteiger partial charge in [-0.25, -0.2) is 4.79 Å². The van der Waals surface area contributed by atoms with Crippen molar-refractivity contribution in [3.05, 3.63) is 47.0 Å². The summed E-state index contributed by atoms with van der Waals surface area (Å²) in [6.45, 7) is 7.74. The van der Waals surface area contributed by atoms with E-state index in [1.807, 2.05) is 32.0 Å². The second-order valence-electron chi connectivity index (χ2n) is 6.75. The Balaban J connectivity index is 1.78. The van der Waals surface area contributed by atoms with Gasteiger partial charge < -0.3 is 19.2 Å². The van der Waals surface area contributed by atoms with Crippen LogP contribution in [0.3, 0.4) is 0 Å². The molecule has 8 nitrogen and oxygen atoms in total. The Morgan fingerprint density at radius 2 is 2.00 bits per heavy atom. The quantitative estimate of drug-likeness (QED) is 0.611. The summed E-state index contributed by atoms with van der Waals surface area (Å²) in [4.78, 5) is 25.3. The lowest BCUT2D eigenvalue weighted by Crippen LogP contribution is -2.30. The normalized spacial score (nSPS) is 12.2. The molecule has 154 valence electrons. The van der Waals surface area contributed by atoms with Crippen LogP contribution >= 0.6 is 0 Å². The topological polar surface area (TPSA) is 95.6 Å². The van der Waals surface area contributed by atoms with Crippen molar-refractivity contribution >= 4 is 28.5 Å². The first-order chi connectivity index (χ1) is 13.8. The molecular weight excluding hydrogens is 374 g/mol. The van der Waals surface area contributed by atoms with Crippen LogP contribution in [-0.4, -0.2) is 34.4 Å². The third-order valence-electron chi connectivity index (χ3n) is 4.74. The van der Waals surface area contributed by atoms with Crippen molar-refractivity contribution in [3.63, 3.8) is 0 Å². The second-order valence-corrected chi connectivity index (χ2v) is 6.75. The van der Waals surface area contributed by atoms with Crippen molar-refractivity contribution in [1.29, 1.82) is 0 Å². The summed E-state index contributed by atoms with van der Waals surface area (Å²) >= 11 is 0. The highest BCUT2D eigenvalue weighted by Crippen LogP contribution is 2.27. The highest BCUT2D eigenvalue weighted by Gasteiger charge is 2.26. The van der Waals surface area contributed by atoms with E-state index in [0.29, 0.717) is 29.1 Å². The summed E-state index contributed by atoms with van der Waals surface area (Å²) in [6.07, 6.45) is -1.02. The number of aromatic nitrogens is 2. The molecule has 0 saturated heterocycles. The van der Waals surface area contributed by atoms with E-state index in [0.717, 1.165) is 11.1 Å². The molecule has 0 fully saturated rings. The van der Waals surface area contributed by atoms with Crippen LogP contribution in [0.15, 0.2) is 28.7 Å². The van der Waals surface area contributed by atoms with Crippen LogP contribution in [-0.2, 0) is 27.9 Å². The number of carbonyl (C=O) groups excluding carboxylic acids is 2. The van der Waals surface area contributed by atoms with Gasteiger partial charge in [0.1, 0.15) is 5.58 Å². The molecule has 2 aromatic heterocycles. The van der Waals surface area contributed by atoms with Gasteiger partial charge in [-0.15, -0.1) is 0 Å². The Bertz CT molecular complexity index is 1050. The molecule has 1 aromatic carbocycles. The van der Waals surface area contributed by atoms with E-state index < -0.39 is 18.0 Å². The van der Waals surface area contributed by atoms with E-state index in [2.05, 4.69) is 10.4 Å². The average molecular weight is 399 g/mol. The Labute approximate surface area is 168 Å². The fraction of sp³-hybridized carbons (Fsp3) is 0.381. The van der Waals surface area contributed by atoms with Crippen LogP contribution in [0.4, 0.5) is 5.69 Å². The Kier molecular flexibility index (Phi) is 6.03. The van der Waals surface area contributed by atoms with E-state index in [1.165, 1.54) is 6.92 Å². The maximum atomic E-state index is 12.7. The minimum Gasteiger partial charge on any atom is -0.449 e. The molecule has 0 radical (unpaired) electrons. The average Bonchev–Trinajstić information content (AvgIpc) is 3.18. The van der Waals surface area contributed by atoms with Crippen molar-refractivity contribution in [2.24, 2.45) is 7.05 Å². The van der Waals surface area contributed by atoms with Crippen molar-refractivity contribution in [2.45, 2.75) is 40.4 Å². The molecule has 0 aliphatic rings. The maximum absolute atomic E-state index is 12.7. The zero-order chi connectivity index (χ0) is 21.1. The predicted octanol–water partition coefficient (Wildman–Crippen LogP) is 3.50. The molecular formula is C21H25N3O5. The van der Waals surface area contributed by atoms with Crippen LogP contribution in [0.2, 0.25) is 0 Å². The summed E-state index contributed by atoms with van der Waals surface area (Å²) in [5, 5.41) is 7.82. The largest absolute Gasteiger partial charge is 0.449 e. The molecule has 29 heavy (non-hydrogen) atoms. The molecule has 3 rings (SSSR count). The number of amides is 1. The number of nitrogens with one attached hydrogen (secondary N) is 1. The van der Waals surface area contributed by atoms with Gasteiger partial charge in [-0.1, -0.05) is 18.2 Å². The predicted molar refractivity (Wildman–Crippen MR) is 108 cm³/mol. The van der Waals surface area contributed by atoms with E-state index in [4.69, 9.17) is 13.9 Å². The first-order valence-electron chi connectivity index (χ1n) is 9.43. The van der Waals surface area contributed by atoms with Crippen LogP contribution in [0, 0.1) is 13.8 Å². The van der Waals surface area contributed by atoms with E-state index >= 15 is 0 Å². The lowest BCUT2D eigenvalue weighted by molar-refractivity contribution is -0.123. The maximum Gasteiger partial charge on any atom is 0.375 e. The van der Waals surface area contributed by atoms with Crippen LogP contribution in [0.5, 0.6) is 0 Å². The van der Waals surface area contributed by atoms with Gasteiger partial charge in [0.2, 0.25) is 5.76 Å². The van der Waals surface area contributed by atoms with Gasteiger partial charge in [0.25, 0.3) is 5.91 Å². The summed E-state index contributed by atoms with van der Waals surface area (Å²) < 4.78 is 18.2. The summed E-state index contributed by atoms with van der Waals surface area (Å²) in [7, 11) is 1.79. The third kappa shape index (κ3) is 4.17. The van der Waals surface area contributed by atoms with Crippen molar-refractivity contribution in [1.82, 2.24) is 9.78 Å². The SMILES string of the molecule is CCOCc1c(C(=O)O[C@H](C)C(=O)Nc2c(C)nn(C)c2C)oc2ccccc12. The fourth-order valence-corrected chi connectivity index (χ4v) is 3.06. The number of aryl methyl sites for hydroxylation is 2. The molecule has 0 unspecified atom stereocenters. The minimum absolute atomic E-state index is 0.0491. The summed E-state index contributed by atoms with van der Waals surface area (Å²) in [6, 6.07) is 7.30. The number of rotatable bonds is 7. The number of ether oxygens (including phenoxy) is 2. The molecule has 0 aliphatic carbocycles. The number of para-hydroxylation sites is 1. The molecule has 0 bridgehead atoms. The molecule has 1 N–H and O–H groups in total. The Hall–Kier alpha value is -3.13. The number of nitrogens with zero attached hydrogens (tertiary/aromatic N) is 2. The number of furan rings is 1. The molecule has 0 saturated carbocycles. The van der Waals surface area contributed by atoms with Gasteiger partial charge in [-0.3, -0.25) is 9.48 Å². The van der Waals surface area contributed by atoms with E-state index in [-0.39, 0.29) is 12.4 Å². The number of fused-ring (bicyclic) bond motifs is 1. The molecule has 8 heteroatoms. The van der Waals surface area contributed by atoms with Crippen molar-refractivity contribution in [2.75, 3.05) is 11.9 Å². The second kappa shape index (κ2) is 8.48. The highest BCUT2D eigenvalue weighted by molar-refractivity contribution is 5.99. The van der Waals surface area contributed by atoms with Gasteiger partial charge in [0.05, 0.1) is 23.7 Å². The molecule has 0 aliphatic heterocycles. The number of carbonyl (C=O) groups is 2. The van der Waals surface area contributed by atoms with E-state index in [9.17, 15) is 9.59 Å². The Morgan fingerprint density at radius 3 is 2.66 bits per heavy atom. The first kappa shape index (κ1) is 20.6. The van der Waals surface area contributed by atoms with Crippen molar-refractivity contribution < 1.29 is 23.5 Å². The van der Waals surface area contributed by atoms with Crippen LogP contribution in [0.1, 0.15) is 41.4 Å². The lowest BCUT2D eigenvalue weighted by Gasteiger charge is -2.13. The smallest absolute Gasteiger partial charge is 0.375 e. The van der Waals surface area contributed by atoms with Gasteiger partial charge in [0.15, 0.2) is 6.10 Å². The van der Waals surface area contributed by atoms with Crippen LogP contribution in [0.25, 0.3) is 11.0 Å². The molecule has 3 aromatic rings. The van der Waals surface area contributed by atoms with Gasteiger partial charge in [0, 0.05) is 24.6 Å². The first-order valence-corrected chi connectivity index (χ1v) is 9.43. The van der Waals surface area contributed by atoms with Gasteiger partial charge in [-0.2, -0.15) is 5.10 Å². The lowest BCUT2D eigenvalue weighted by atomic mass is 10.1. The van der Waals surface area contributed by atoms with Crippen LogP contribution < -0.4 is 5.32 Å². The zero-order valence-corrected chi connectivity index (χ0v) is 17.2. The number of benzene rings is 1. The number of hydrogen-bond acceptors (Lipinski definition) is 6. The standard InChI is InChI=1S/C21H25N3O5/c1-6-27-11-16-15-9-7-8-10-17(15)29-19(16)21(26)28-14(4)20(25)22-18-12(2)23-24(5)13(18)3/h7-10,14H,6,11H2,1-5H3,(H,22,25)/t14-/m1/s1. The summed E-state index contributed by atoms with van der Waals surface area (Å²) in [5.41, 5.74) is 3.28. The molecule has 2 heterocycles. The molecule has 0 spiro atoms. The molecule has 1 atom stereocenters. The minimum atomic E-state index is -1.02. The number of esters is 1.